The van der Waals surface area contributed by atoms with Crippen molar-refractivity contribution in [2.45, 2.75) is 13.5 Å². The second-order valence-electron chi connectivity index (χ2n) is 4.56. The van der Waals surface area contributed by atoms with Crippen LogP contribution in [0.1, 0.15) is 12.5 Å². The lowest BCUT2D eigenvalue weighted by Gasteiger charge is -2.30. The van der Waals surface area contributed by atoms with Crippen LogP contribution in [0.15, 0.2) is 30.3 Å². The fourth-order valence-corrected chi connectivity index (χ4v) is 1.64. The quantitative estimate of drug-likeness (QED) is 0.824. The van der Waals surface area contributed by atoms with Crippen molar-refractivity contribution >= 4 is 12.1 Å². The minimum atomic E-state index is -0.817. The molecule has 0 radical (unpaired) electrons. The number of cyclic esters (lactones) is 2. The Morgan fingerprint density at radius 1 is 1.28 bits per heavy atom. The van der Waals surface area contributed by atoms with Crippen LogP contribution in [-0.4, -0.2) is 25.3 Å². The third kappa shape index (κ3) is 2.80. The van der Waals surface area contributed by atoms with E-state index in [0.717, 1.165) is 5.56 Å². The minimum absolute atomic E-state index is 0.0481. The van der Waals surface area contributed by atoms with Crippen LogP contribution >= 0.6 is 0 Å². The van der Waals surface area contributed by atoms with E-state index in [0.29, 0.717) is 6.54 Å². The molecule has 2 rings (SSSR count). The Bertz CT molecular complexity index is 434. The molecule has 0 atom stereocenters. The van der Waals surface area contributed by atoms with E-state index in [1.807, 2.05) is 30.3 Å². The molecule has 0 aliphatic carbocycles. The molecule has 1 aromatic carbocycles. The summed E-state index contributed by atoms with van der Waals surface area (Å²) in [4.78, 5) is 22.8. The van der Waals surface area contributed by atoms with Gasteiger partial charge >= 0.3 is 6.16 Å². The first-order valence-electron chi connectivity index (χ1n) is 5.72. The first-order chi connectivity index (χ1) is 8.60. The highest BCUT2D eigenvalue weighted by atomic mass is 16.7. The van der Waals surface area contributed by atoms with Gasteiger partial charge in [0.15, 0.2) is 0 Å². The van der Waals surface area contributed by atoms with E-state index in [9.17, 15) is 9.59 Å². The summed E-state index contributed by atoms with van der Waals surface area (Å²) in [6, 6.07) is 9.60. The van der Waals surface area contributed by atoms with E-state index >= 15 is 0 Å². The van der Waals surface area contributed by atoms with Crippen molar-refractivity contribution in [1.29, 1.82) is 0 Å². The van der Waals surface area contributed by atoms with Gasteiger partial charge in [0.1, 0.15) is 18.6 Å². The summed E-state index contributed by atoms with van der Waals surface area (Å²) in [5.74, 6) is -0.182. The van der Waals surface area contributed by atoms with Crippen molar-refractivity contribution in [3.8, 4) is 0 Å². The molecule has 1 aliphatic heterocycles. The van der Waals surface area contributed by atoms with Crippen LogP contribution in [0.3, 0.4) is 0 Å². The van der Waals surface area contributed by atoms with E-state index in [1.165, 1.54) is 0 Å². The average molecular weight is 249 g/mol. The Hall–Kier alpha value is -2.04. The molecular formula is C13H15NO4. The summed E-state index contributed by atoms with van der Waals surface area (Å²) in [5, 5.41) is 2.81. The van der Waals surface area contributed by atoms with Gasteiger partial charge < -0.3 is 14.8 Å². The summed E-state index contributed by atoms with van der Waals surface area (Å²) >= 11 is 0. The van der Waals surface area contributed by atoms with Crippen molar-refractivity contribution in [2.75, 3.05) is 13.2 Å². The zero-order chi connectivity index (χ0) is 13.0. The number of hydrogen-bond donors (Lipinski definition) is 1. The monoisotopic (exact) mass is 249 g/mol. The molecule has 96 valence electrons. The molecule has 1 aliphatic rings. The fourth-order valence-electron chi connectivity index (χ4n) is 1.64. The van der Waals surface area contributed by atoms with Crippen LogP contribution in [0, 0.1) is 5.41 Å². The molecule has 1 aromatic rings. The molecule has 1 N–H and O–H groups in total. The van der Waals surface area contributed by atoms with Crippen molar-refractivity contribution in [2.24, 2.45) is 5.41 Å². The number of nitrogens with one attached hydrogen (secondary N) is 1. The molecule has 1 saturated heterocycles. The maximum absolute atomic E-state index is 12.0. The predicted octanol–water partition coefficient (Wildman–Crippen LogP) is 1.48. The highest BCUT2D eigenvalue weighted by Crippen LogP contribution is 2.22. The maximum Gasteiger partial charge on any atom is 0.508 e. The number of carbonyl (C=O) groups is 2. The van der Waals surface area contributed by atoms with Gasteiger partial charge in [-0.15, -0.1) is 0 Å². The van der Waals surface area contributed by atoms with E-state index in [4.69, 9.17) is 9.47 Å². The Morgan fingerprint density at radius 3 is 2.50 bits per heavy atom. The third-order valence-electron chi connectivity index (χ3n) is 2.86. The second kappa shape index (κ2) is 5.08. The van der Waals surface area contributed by atoms with E-state index < -0.39 is 11.6 Å². The number of ether oxygens (including phenoxy) is 2. The number of amides is 1. The lowest BCUT2D eigenvalue weighted by Crippen LogP contribution is -2.48. The van der Waals surface area contributed by atoms with Gasteiger partial charge in [-0.2, -0.15) is 0 Å². The fraction of sp³-hybridized carbons (Fsp3) is 0.385. The average Bonchev–Trinajstić information content (AvgIpc) is 2.41. The Balaban J connectivity index is 1.90. The lowest BCUT2D eigenvalue weighted by atomic mass is 9.91. The molecule has 0 unspecified atom stereocenters. The summed E-state index contributed by atoms with van der Waals surface area (Å²) in [6.07, 6.45) is -0.719. The van der Waals surface area contributed by atoms with Gasteiger partial charge in [-0.05, 0) is 12.5 Å². The first kappa shape index (κ1) is 12.4. The molecule has 1 fully saturated rings. The highest BCUT2D eigenvalue weighted by molar-refractivity contribution is 5.83. The number of rotatable bonds is 3. The predicted molar refractivity (Wildman–Crippen MR) is 63.7 cm³/mol. The van der Waals surface area contributed by atoms with Gasteiger partial charge in [0, 0.05) is 6.54 Å². The van der Waals surface area contributed by atoms with E-state index in [2.05, 4.69) is 5.32 Å². The number of hydrogen-bond acceptors (Lipinski definition) is 4. The van der Waals surface area contributed by atoms with Gasteiger partial charge in [-0.1, -0.05) is 30.3 Å². The van der Waals surface area contributed by atoms with Crippen LogP contribution in [-0.2, 0) is 20.8 Å². The van der Waals surface area contributed by atoms with Gasteiger partial charge in [-0.25, -0.2) is 4.79 Å². The molecule has 1 amide bonds. The molecule has 0 saturated carbocycles. The standard InChI is InChI=1S/C13H15NO4/c1-13(8-17-12(16)18-9-13)11(15)14-7-10-5-3-2-4-6-10/h2-6H,7-9H2,1H3,(H,14,15). The SMILES string of the molecule is CC1(C(=O)NCc2ccccc2)COC(=O)OC1. The summed E-state index contributed by atoms with van der Waals surface area (Å²) in [7, 11) is 0. The van der Waals surface area contributed by atoms with Crippen molar-refractivity contribution in [3.05, 3.63) is 35.9 Å². The van der Waals surface area contributed by atoms with Crippen LogP contribution < -0.4 is 5.32 Å². The van der Waals surface area contributed by atoms with Crippen LogP contribution in [0.5, 0.6) is 0 Å². The first-order valence-corrected chi connectivity index (χ1v) is 5.72. The van der Waals surface area contributed by atoms with Crippen molar-refractivity contribution < 1.29 is 19.1 Å². The van der Waals surface area contributed by atoms with E-state index in [1.54, 1.807) is 6.92 Å². The van der Waals surface area contributed by atoms with Gasteiger partial charge in [0.25, 0.3) is 0 Å². The molecule has 0 spiro atoms. The zero-order valence-corrected chi connectivity index (χ0v) is 10.1. The zero-order valence-electron chi connectivity index (χ0n) is 10.1. The van der Waals surface area contributed by atoms with Gasteiger partial charge in [0.05, 0.1) is 0 Å². The molecule has 0 aromatic heterocycles. The second-order valence-corrected chi connectivity index (χ2v) is 4.56. The van der Waals surface area contributed by atoms with Gasteiger partial charge in [0.2, 0.25) is 5.91 Å². The minimum Gasteiger partial charge on any atom is -0.433 e. The third-order valence-corrected chi connectivity index (χ3v) is 2.86. The van der Waals surface area contributed by atoms with Crippen molar-refractivity contribution in [1.82, 2.24) is 5.32 Å². The molecule has 5 nitrogen and oxygen atoms in total. The van der Waals surface area contributed by atoms with Gasteiger partial charge in [-0.3, -0.25) is 4.79 Å². The molecule has 5 heteroatoms. The topological polar surface area (TPSA) is 64.6 Å². The van der Waals surface area contributed by atoms with Crippen LogP contribution in [0.25, 0.3) is 0 Å². The molecule has 18 heavy (non-hydrogen) atoms. The Morgan fingerprint density at radius 2 is 1.89 bits per heavy atom. The molecule has 1 heterocycles. The van der Waals surface area contributed by atoms with E-state index in [-0.39, 0.29) is 19.1 Å². The highest BCUT2D eigenvalue weighted by Gasteiger charge is 2.40. The van der Waals surface area contributed by atoms with Crippen molar-refractivity contribution in [3.63, 3.8) is 0 Å². The summed E-state index contributed by atoms with van der Waals surface area (Å²) < 4.78 is 9.49. The smallest absolute Gasteiger partial charge is 0.433 e. The molecular weight excluding hydrogens is 234 g/mol. The van der Waals surface area contributed by atoms with Crippen LogP contribution in [0.2, 0.25) is 0 Å². The Labute approximate surface area is 105 Å². The number of carbonyl (C=O) groups excluding carboxylic acids is 2. The summed E-state index contributed by atoms with van der Waals surface area (Å²) in [6.45, 7) is 2.25. The Kier molecular flexibility index (Phi) is 3.50. The lowest BCUT2D eigenvalue weighted by molar-refractivity contribution is -0.141. The summed E-state index contributed by atoms with van der Waals surface area (Å²) in [5.41, 5.74) is 0.200. The maximum atomic E-state index is 12.0. The van der Waals surface area contributed by atoms with Crippen LogP contribution in [0.4, 0.5) is 4.79 Å². The molecule has 0 bridgehead atoms. The largest absolute Gasteiger partial charge is 0.508 e. The normalized spacial score (nSPS) is 17.5. The number of benzene rings is 1.